The SMILES string of the molecule is CC(Cn1cncn1)C(=O)N1CCC(Cc2cccc(C(=O)O)c2)CC1. The van der Waals surface area contributed by atoms with Crippen molar-refractivity contribution in [3.05, 3.63) is 48.0 Å². The second-order valence-electron chi connectivity index (χ2n) is 7.00. The Bertz CT molecular complexity index is 752. The normalized spacial score (nSPS) is 16.4. The molecule has 1 atom stereocenters. The van der Waals surface area contributed by atoms with Gasteiger partial charge in [0.25, 0.3) is 0 Å². The van der Waals surface area contributed by atoms with Crippen LogP contribution in [0.4, 0.5) is 0 Å². The summed E-state index contributed by atoms with van der Waals surface area (Å²) in [6.07, 6.45) is 5.85. The summed E-state index contributed by atoms with van der Waals surface area (Å²) in [5.74, 6) is -0.380. The van der Waals surface area contributed by atoms with Crippen molar-refractivity contribution in [2.24, 2.45) is 11.8 Å². The summed E-state index contributed by atoms with van der Waals surface area (Å²) in [6.45, 7) is 3.97. The third-order valence-corrected chi connectivity index (χ3v) is 4.97. The number of piperidine rings is 1. The van der Waals surface area contributed by atoms with E-state index in [1.165, 1.54) is 6.33 Å². The fourth-order valence-corrected chi connectivity index (χ4v) is 3.52. The summed E-state index contributed by atoms with van der Waals surface area (Å²) in [5.41, 5.74) is 1.38. The third kappa shape index (κ3) is 4.47. The number of benzene rings is 1. The molecular formula is C19H24N4O3. The quantitative estimate of drug-likeness (QED) is 0.856. The molecule has 3 rings (SSSR count). The average Bonchev–Trinajstić information content (AvgIpc) is 3.15. The first kappa shape index (κ1) is 18.1. The van der Waals surface area contributed by atoms with Gasteiger partial charge in [0.15, 0.2) is 0 Å². The van der Waals surface area contributed by atoms with Gasteiger partial charge in [0.2, 0.25) is 5.91 Å². The summed E-state index contributed by atoms with van der Waals surface area (Å²) >= 11 is 0. The predicted octanol–water partition coefficient (Wildman–Crippen LogP) is 2.09. The molecule has 1 N–H and O–H groups in total. The molecule has 1 aromatic carbocycles. The number of hydrogen-bond donors (Lipinski definition) is 1. The monoisotopic (exact) mass is 356 g/mol. The molecule has 2 heterocycles. The van der Waals surface area contributed by atoms with Crippen molar-refractivity contribution in [2.75, 3.05) is 13.1 Å². The van der Waals surface area contributed by atoms with Crippen LogP contribution in [0, 0.1) is 11.8 Å². The minimum Gasteiger partial charge on any atom is -0.478 e. The lowest BCUT2D eigenvalue weighted by Gasteiger charge is -2.33. The predicted molar refractivity (Wildman–Crippen MR) is 95.6 cm³/mol. The van der Waals surface area contributed by atoms with Crippen LogP contribution in [0.5, 0.6) is 0 Å². The topological polar surface area (TPSA) is 88.3 Å². The molecule has 1 fully saturated rings. The van der Waals surface area contributed by atoms with E-state index in [-0.39, 0.29) is 11.8 Å². The van der Waals surface area contributed by atoms with E-state index in [9.17, 15) is 9.59 Å². The largest absolute Gasteiger partial charge is 0.478 e. The molecule has 0 bridgehead atoms. The number of likely N-dealkylation sites (tertiary alicyclic amines) is 1. The Morgan fingerprint density at radius 1 is 1.31 bits per heavy atom. The van der Waals surface area contributed by atoms with E-state index >= 15 is 0 Å². The van der Waals surface area contributed by atoms with Crippen LogP contribution in [0.25, 0.3) is 0 Å². The summed E-state index contributed by atoms with van der Waals surface area (Å²) < 4.78 is 1.69. The molecule has 138 valence electrons. The minimum absolute atomic E-state index is 0.125. The first-order valence-corrected chi connectivity index (χ1v) is 8.96. The average molecular weight is 356 g/mol. The van der Waals surface area contributed by atoms with Gasteiger partial charge in [-0.3, -0.25) is 9.48 Å². The van der Waals surface area contributed by atoms with E-state index in [1.54, 1.807) is 29.2 Å². The fourth-order valence-electron chi connectivity index (χ4n) is 3.52. The van der Waals surface area contributed by atoms with Crippen LogP contribution in [-0.4, -0.2) is 49.7 Å². The van der Waals surface area contributed by atoms with Crippen molar-refractivity contribution in [1.29, 1.82) is 0 Å². The number of carboxylic acid groups (broad SMARTS) is 1. The first-order valence-electron chi connectivity index (χ1n) is 8.96. The van der Waals surface area contributed by atoms with E-state index in [0.29, 0.717) is 18.0 Å². The summed E-state index contributed by atoms with van der Waals surface area (Å²) in [5, 5.41) is 13.2. The van der Waals surface area contributed by atoms with Gasteiger partial charge in [0, 0.05) is 13.1 Å². The lowest BCUT2D eigenvalue weighted by Crippen LogP contribution is -2.42. The van der Waals surface area contributed by atoms with Crippen LogP contribution in [-0.2, 0) is 17.8 Å². The van der Waals surface area contributed by atoms with Gasteiger partial charge in [-0.25, -0.2) is 9.78 Å². The summed E-state index contributed by atoms with van der Waals surface area (Å²) in [6, 6.07) is 7.14. The molecule has 7 nitrogen and oxygen atoms in total. The van der Waals surface area contributed by atoms with Crippen molar-refractivity contribution in [3.8, 4) is 0 Å². The molecule has 2 aromatic rings. The van der Waals surface area contributed by atoms with Crippen LogP contribution >= 0.6 is 0 Å². The van der Waals surface area contributed by atoms with Crippen molar-refractivity contribution < 1.29 is 14.7 Å². The van der Waals surface area contributed by atoms with E-state index in [0.717, 1.165) is 37.9 Å². The molecule has 0 spiro atoms. The lowest BCUT2D eigenvalue weighted by atomic mass is 9.89. The van der Waals surface area contributed by atoms with Crippen LogP contribution in [0.2, 0.25) is 0 Å². The molecule has 7 heteroatoms. The molecule has 26 heavy (non-hydrogen) atoms. The number of hydrogen-bond acceptors (Lipinski definition) is 4. The standard InChI is InChI=1S/C19H24N4O3/c1-14(11-23-13-20-12-21-23)18(24)22-7-5-15(6-8-22)9-16-3-2-4-17(10-16)19(25)26/h2-4,10,12-15H,5-9,11H2,1H3,(H,25,26). The highest BCUT2D eigenvalue weighted by molar-refractivity contribution is 5.87. The number of aromatic nitrogens is 3. The zero-order valence-electron chi connectivity index (χ0n) is 14.9. The maximum absolute atomic E-state index is 12.6. The van der Waals surface area contributed by atoms with Gasteiger partial charge in [-0.05, 0) is 42.9 Å². The molecule has 1 saturated heterocycles. The maximum Gasteiger partial charge on any atom is 0.335 e. The smallest absolute Gasteiger partial charge is 0.335 e. The van der Waals surface area contributed by atoms with E-state index < -0.39 is 5.97 Å². The van der Waals surface area contributed by atoms with Crippen molar-refractivity contribution >= 4 is 11.9 Å². The Balaban J connectivity index is 1.50. The second kappa shape index (κ2) is 8.12. The number of amides is 1. The highest BCUT2D eigenvalue weighted by atomic mass is 16.4. The summed E-state index contributed by atoms with van der Waals surface area (Å²) in [7, 11) is 0. The molecule has 1 aromatic heterocycles. The number of carbonyl (C=O) groups excluding carboxylic acids is 1. The number of carboxylic acids is 1. The third-order valence-electron chi connectivity index (χ3n) is 4.97. The zero-order valence-corrected chi connectivity index (χ0v) is 14.9. The van der Waals surface area contributed by atoms with Gasteiger partial charge in [0.05, 0.1) is 18.0 Å². The van der Waals surface area contributed by atoms with Gasteiger partial charge in [-0.15, -0.1) is 0 Å². The molecular weight excluding hydrogens is 332 g/mol. The van der Waals surface area contributed by atoms with Crippen molar-refractivity contribution in [1.82, 2.24) is 19.7 Å². The van der Waals surface area contributed by atoms with Crippen molar-refractivity contribution in [3.63, 3.8) is 0 Å². The highest BCUT2D eigenvalue weighted by Gasteiger charge is 2.26. The lowest BCUT2D eigenvalue weighted by molar-refractivity contribution is -0.136. The number of rotatable bonds is 6. The molecule has 0 radical (unpaired) electrons. The highest BCUT2D eigenvalue weighted by Crippen LogP contribution is 2.23. The molecule has 1 unspecified atom stereocenters. The van der Waals surface area contributed by atoms with Gasteiger partial charge < -0.3 is 10.0 Å². The Labute approximate surface area is 152 Å². The van der Waals surface area contributed by atoms with Crippen LogP contribution in [0.3, 0.4) is 0 Å². The van der Waals surface area contributed by atoms with Crippen LogP contribution < -0.4 is 0 Å². The Kier molecular flexibility index (Phi) is 5.65. The van der Waals surface area contributed by atoms with Gasteiger partial charge >= 0.3 is 5.97 Å². The minimum atomic E-state index is -0.895. The van der Waals surface area contributed by atoms with E-state index in [1.807, 2.05) is 17.9 Å². The molecule has 1 aliphatic heterocycles. The van der Waals surface area contributed by atoms with Gasteiger partial charge in [0.1, 0.15) is 12.7 Å². The van der Waals surface area contributed by atoms with E-state index in [4.69, 9.17) is 5.11 Å². The number of carbonyl (C=O) groups is 2. The number of nitrogens with zero attached hydrogens (tertiary/aromatic N) is 4. The molecule has 0 aliphatic carbocycles. The van der Waals surface area contributed by atoms with Crippen molar-refractivity contribution in [2.45, 2.75) is 32.7 Å². The molecule has 1 aliphatic rings. The van der Waals surface area contributed by atoms with Gasteiger partial charge in [-0.1, -0.05) is 19.1 Å². The van der Waals surface area contributed by atoms with Crippen LogP contribution in [0.15, 0.2) is 36.9 Å². The Morgan fingerprint density at radius 2 is 2.08 bits per heavy atom. The van der Waals surface area contributed by atoms with Gasteiger partial charge in [-0.2, -0.15) is 5.10 Å². The Hall–Kier alpha value is -2.70. The number of aromatic carboxylic acids is 1. The van der Waals surface area contributed by atoms with Crippen LogP contribution in [0.1, 0.15) is 35.7 Å². The fraction of sp³-hybridized carbons (Fsp3) is 0.474. The zero-order chi connectivity index (χ0) is 18.5. The second-order valence-corrected chi connectivity index (χ2v) is 7.00. The molecule has 0 saturated carbocycles. The summed E-state index contributed by atoms with van der Waals surface area (Å²) in [4.78, 5) is 29.5. The molecule has 1 amide bonds. The first-order chi connectivity index (χ1) is 12.5. The maximum atomic E-state index is 12.6. The van der Waals surface area contributed by atoms with E-state index in [2.05, 4.69) is 10.1 Å². The Morgan fingerprint density at radius 3 is 2.73 bits per heavy atom.